The number of nitrogens with one attached hydrogen (secondary N) is 1. The molecule has 0 fully saturated rings. The summed E-state index contributed by atoms with van der Waals surface area (Å²) in [5.41, 5.74) is 0.0114. The maximum Gasteiger partial charge on any atom is 0.387 e. The lowest BCUT2D eigenvalue weighted by Crippen LogP contribution is -2.59. The van der Waals surface area contributed by atoms with Gasteiger partial charge in [0.2, 0.25) is 0 Å². The van der Waals surface area contributed by atoms with Gasteiger partial charge in [0.1, 0.15) is 0 Å². The van der Waals surface area contributed by atoms with Gasteiger partial charge in [0.05, 0.1) is 19.6 Å². The van der Waals surface area contributed by atoms with E-state index in [4.69, 9.17) is 4.74 Å². The van der Waals surface area contributed by atoms with Crippen LogP contribution in [0.3, 0.4) is 0 Å². The predicted octanol–water partition coefficient (Wildman–Crippen LogP) is 3.37. The van der Waals surface area contributed by atoms with Gasteiger partial charge in [0.25, 0.3) is 0 Å². The number of thioether (sulfide) groups is 1. The Morgan fingerprint density at radius 1 is 1.26 bits per heavy atom. The van der Waals surface area contributed by atoms with E-state index >= 15 is 0 Å². The second-order valence-electron chi connectivity index (χ2n) is 6.20. The van der Waals surface area contributed by atoms with Gasteiger partial charge in [-0.1, -0.05) is 54.6 Å². The van der Waals surface area contributed by atoms with Gasteiger partial charge in [-0.2, -0.15) is 0 Å². The topological polar surface area (TPSA) is 81.5 Å². The molecule has 1 aliphatic rings. The second kappa shape index (κ2) is 8.26. The number of carbonyl (C=O) groups excluding carboxylic acids is 1. The van der Waals surface area contributed by atoms with E-state index < -0.39 is 22.3 Å². The van der Waals surface area contributed by atoms with Crippen molar-refractivity contribution in [3.63, 3.8) is 0 Å². The summed E-state index contributed by atoms with van der Waals surface area (Å²) in [5, 5.41) is 14.8. The Kier molecular flexibility index (Phi) is 5.81. The van der Waals surface area contributed by atoms with Crippen LogP contribution in [-0.2, 0) is 15.3 Å². The Bertz CT molecular complexity index is 856. The van der Waals surface area contributed by atoms with Gasteiger partial charge in [-0.3, -0.25) is 10.1 Å². The van der Waals surface area contributed by atoms with Gasteiger partial charge in [-0.15, -0.1) is 11.8 Å². The minimum absolute atomic E-state index is 0.120. The third-order valence-electron chi connectivity index (χ3n) is 4.65. The highest BCUT2D eigenvalue weighted by Gasteiger charge is 2.59. The molecular formula is C20H20N2O4S. The number of nitrogens with zero attached hydrogens (tertiary/aromatic N) is 1. The van der Waals surface area contributed by atoms with Crippen LogP contribution < -0.4 is 5.32 Å². The van der Waals surface area contributed by atoms with E-state index in [0.29, 0.717) is 0 Å². The molecule has 0 bridgehead atoms. The maximum atomic E-state index is 12.5. The Balaban J connectivity index is 1.98. The average Bonchev–Trinajstić information content (AvgIpc) is 2.72. The van der Waals surface area contributed by atoms with Gasteiger partial charge in [-0.05, 0) is 23.4 Å². The molecule has 1 aliphatic heterocycles. The van der Waals surface area contributed by atoms with Crippen LogP contribution in [0.1, 0.15) is 17.0 Å². The maximum absolute atomic E-state index is 12.5. The predicted molar refractivity (Wildman–Crippen MR) is 104 cm³/mol. The number of benzene rings is 2. The summed E-state index contributed by atoms with van der Waals surface area (Å²) in [7, 11) is 1.18. The molecule has 1 heterocycles. The zero-order chi connectivity index (χ0) is 19.3. The van der Waals surface area contributed by atoms with Crippen LogP contribution in [0.2, 0.25) is 0 Å². The second-order valence-corrected chi connectivity index (χ2v) is 7.22. The molecule has 0 aliphatic carbocycles. The zero-order valence-corrected chi connectivity index (χ0v) is 15.6. The molecule has 2 atom stereocenters. The van der Waals surface area contributed by atoms with Crippen LogP contribution in [0.15, 0.2) is 71.8 Å². The van der Waals surface area contributed by atoms with Crippen molar-refractivity contribution < 1.29 is 14.5 Å². The molecule has 0 spiro atoms. The molecule has 27 heavy (non-hydrogen) atoms. The molecule has 1 N–H and O–H groups in total. The van der Waals surface area contributed by atoms with Crippen LogP contribution in [0.25, 0.3) is 0 Å². The van der Waals surface area contributed by atoms with Crippen molar-refractivity contribution in [3.8, 4) is 0 Å². The normalized spacial score (nSPS) is 21.3. The van der Waals surface area contributed by atoms with E-state index in [1.54, 1.807) is 24.0 Å². The molecule has 2 aromatic carbocycles. The van der Waals surface area contributed by atoms with Crippen LogP contribution >= 0.6 is 11.8 Å². The number of carbonyl (C=O) groups is 1. The van der Waals surface area contributed by atoms with Crippen molar-refractivity contribution in [2.45, 2.75) is 22.1 Å². The average molecular weight is 384 g/mol. The highest BCUT2D eigenvalue weighted by molar-refractivity contribution is 7.98. The fourth-order valence-corrected chi connectivity index (χ4v) is 4.29. The number of hydrogen-bond donors (Lipinski definition) is 1. The van der Waals surface area contributed by atoms with E-state index in [-0.39, 0.29) is 6.54 Å². The highest BCUT2D eigenvalue weighted by Crippen LogP contribution is 2.40. The number of hydrogen-bond acceptors (Lipinski definition) is 6. The van der Waals surface area contributed by atoms with Crippen LogP contribution in [0, 0.1) is 10.1 Å². The minimum atomic E-state index is -1.90. The monoisotopic (exact) mass is 384 g/mol. The van der Waals surface area contributed by atoms with Crippen molar-refractivity contribution in [1.29, 1.82) is 0 Å². The molecule has 140 valence electrons. The number of methoxy groups -OCH3 is 1. The van der Waals surface area contributed by atoms with Gasteiger partial charge < -0.3 is 10.1 Å². The standard InChI is InChI=1S/C20H20N2O4S/c1-26-19(23)20(22(24)25)14-21-12-11-17(20)16-9-5-6-10-18(16)27-13-15-7-3-2-4-8-15/h2-12,17,21H,13-14H2,1H3. The Morgan fingerprint density at radius 3 is 2.67 bits per heavy atom. The summed E-state index contributed by atoms with van der Waals surface area (Å²) in [4.78, 5) is 24.8. The lowest BCUT2D eigenvalue weighted by Gasteiger charge is -2.32. The molecule has 6 nitrogen and oxygen atoms in total. The van der Waals surface area contributed by atoms with E-state index in [2.05, 4.69) is 5.32 Å². The highest BCUT2D eigenvalue weighted by atomic mass is 32.2. The first kappa shape index (κ1) is 19.0. The van der Waals surface area contributed by atoms with Gasteiger partial charge >= 0.3 is 11.5 Å². The first-order chi connectivity index (χ1) is 13.1. The van der Waals surface area contributed by atoms with E-state index in [9.17, 15) is 14.9 Å². The summed E-state index contributed by atoms with van der Waals surface area (Å²) < 4.78 is 4.81. The fourth-order valence-electron chi connectivity index (χ4n) is 3.24. The lowest BCUT2D eigenvalue weighted by atomic mass is 9.77. The summed E-state index contributed by atoms with van der Waals surface area (Å²) in [6.45, 7) is -0.120. The van der Waals surface area contributed by atoms with Crippen molar-refractivity contribution in [1.82, 2.24) is 5.32 Å². The molecule has 0 amide bonds. The minimum Gasteiger partial charge on any atom is -0.464 e. The fraction of sp³-hybridized carbons (Fsp3) is 0.250. The Hall–Kier alpha value is -2.80. The van der Waals surface area contributed by atoms with Gasteiger partial charge in [0, 0.05) is 15.6 Å². The van der Waals surface area contributed by atoms with Crippen molar-refractivity contribution in [2.24, 2.45) is 0 Å². The third kappa shape index (κ3) is 3.68. The summed E-state index contributed by atoms with van der Waals surface area (Å²) in [5.74, 6) is -0.839. The molecule has 2 aromatic rings. The number of rotatable bonds is 6. The zero-order valence-electron chi connectivity index (χ0n) is 14.8. The van der Waals surface area contributed by atoms with Crippen molar-refractivity contribution in [2.75, 3.05) is 13.7 Å². The van der Waals surface area contributed by atoms with E-state index in [1.807, 2.05) is 54.6 Å². The van der Waals surface area contributed by atoms with E-state index in [0.717, 1.165) is 21.8 Å². The summed E-state index contributed by atoms with van der Waals surface area (Å²) in [6, 6.07) is 17.5. The van der Waals surface area contributed by atoms with Gasteiger partial charge in [0.15, 0.2) is 0 Å². The van der Waals surface area contributed by atoms with Crippen molar-refractivity contribution >= 4 is 17.7 Å². The van der Waals surface area contributed by atoms with Gasteiger partial charge in [-0.25, -0.2) is 4.79 Å². The first-order valence-corrected chi connectivity index (χ1v) is 9.47. The molecular weight excluding hydrogens is 364 g/mol. The SMILES string of the molecule is COC(=O)C1([N+](=O)[O-])CNC=CC1c1ccccc1SCc1ccccc1. The summed E-state index contributed by atoms with van der Waals surface area (Å²) >= 11 is 1.60. The number of nitro groups is 1. The van der Waals surface area contributed by atoms with E-state index in [1.165, 1.54) is 7.11 Å². The molecule has 7 heteroatoms. The van der Waals surface area contributed by atoms with Crippen LogP contribution in [0.5, 0.6) is 0 Å². The van der Waals surface area contributed by atoms with Crippen molar-refractivity contribution in [3.05, 3.63) is 88.1 Å². The molecule has 0 aromatic heterocycles. The smallest absolute Gasteiger partial charge is 0.387 e. The molecule has 0 saturated carbocycles. The first-order valence-electron chi connectivity index (χ1n) is 8.48. The molecule has 0 saturated heterocycles. The third-order valence-corrected chi connectivity index (χ3v) is 5.81. The largest absolute Gasteiger partial charge is 0.464 e. The molecule has 2 unspecified atom stereocenters. The number of ether oxygens (including phenoxy) is 1. The molecule has 0 radical (unpaired) electrons. The quantitative estimate of drug-likeness (QED) is 0.356. The number of esters is 1. The lowest BCUT2D eigenvalue weighted by molar-refractivity contribution is -0.556. The Labute approximate surface area is 161 Å². The Morgan fingerprint density at radius 2 is 1.96 bits per heavy atom. The summed E-state index contributed by atoms with van der Waals surface area (Å²) in [6.07, 6.45) is 3.33. The van der Waals surface area contributed by atoms with Crippen LogP contribution in [-0.4, -0.2) is 30.1 Å². The molecule has 3 rings (SSSR count). The van der Waals surface area contributed by atoms with Crippen LogP contribution in [0.4, 0.5) is 0 Å².